The summed E-state index contributed by atoms with van der Waals surface area (Å²) in [6.07, 6.45) is 2.06. The van der Waals surface area contributed by atoms with E-state index >= 15 is 0 Å². The van der Waals surface area contributed by atoms with Crippen LogP contribution in [0.5, 0.6) is 0 Å². The highest BCUT2D eigenvalue weighted by atomic mass is 16.4. The molecule has 17 heavy (non-hydrogen) atoms. The van der Waals surface area contributed by atoms with Gasteiger partial charge in [0.1, 0.15) is 6.04 Å². The Morgan fingerprint density at radius 3 is 3.12 bits per heavy atom. The number of hydrogen-bond donors (Lipinski definition) is 4. The van der Waals surface area contributed by atoms with Crippen LogP contribution < -0.4 is 10.6 Å². The number of imidazole rings is 1. The maximum Gasteiger partial charge on any atom is 0.325 e. The SMILES string of the molecule is C[C@H](NC(=O)C1Cc2nc[nH]c2CN1)C(=O)O. The van der Waals surface area contributed by atoms with Crippen LogP contribution in [0, 0.1) is 0 Å². The number of carboxylic acids is 1. The molecule has 7 heteroatoms. The number of rotatable bonds is 3. The second kappa shape index (κ2) is 4.54. The first kappa shape index (κ1) is 11.6. The van der Waals surface area contributed by atoms with E-state index in [1.807, 2.05) is 0 Å². The molecule has 0 saturated carbocycles. The van der Waals surface area contributed by atoms with Crippen LogP contribution in [-0.4, -0.2) is 39.0 Å². The molecule has 2 heterocycles. The maximum absolute atomic E-state index is 11.8. The van der Waals surface area contributed by atoms with Crippen LogP contribution in [0.3, 0.4) is 0 Å². The van der Waals surface area contributed by atoms with Crippen molar-refractivity contribution >= 4 is 11.9 Å². The number of fused-ring (bicyclic) bond motifs is 1. The zero-order valence-electron chi connectivity index (χ0n) is 9.36. The van der Waals surface area contributed by atoms with E-state index in [4.69, 9.17) is 5.11 Å². The lowest BCUT2D eigenvalue weighted by Gasteiger charge is -2.23. The maximum atomic E-state index is 11.8. The van der Waals surface area contributed by atoms with Crippen LogP contribution in [0.4, 0.5) is 0 Å². The number of hydrogen-bond acceptors (Lipinski definition) is 4. The molecular weight excluding hydrogens is 224 g/mol. The van der Waals surface area contributed by atoms with E-state index in [0.29, 0.717) is 13.0 Å². The summed E-state index contributed by atoms with van der Waals surface area (Å²) < 4.78 is 0. The largest absolute Gasteiger partial charge is 0.480 e. The number of carbonyl (C=O) groups excluding carboxylic acids is 1. The van der Waals surface area contributed by atoms with Crippen molar-refractivity contribution in [1.29, 1.82) is 0 Å². The van der Waals surface area contributed by atoms with Crippen molar-refractivity contribution < 1.29 is 14.7 Å². The van der Waals surface area contributed by atoms with Crippen molar-refractivity contribution in [2.75, 3.05) is 0 Å². The van der Waals surface area contributed by atoms with Gasteiger partial charge in [-0.2, -0.15) is 0 Å². The molecule has 0 radical (unpaired) electrons. The van der Waals surface area contributed by atoms with Gasteiger partial charge in [-0.25, -0.2) is 4.98 Å². The number of carboxylic acid groups (broad SMARTS) is 1. The first-order valence-corrected chi connectivity index (χ1v) is 5.35. The highest BCUT2D eigenvalue weighted by Gasteiger charge is 2.27. The Bertz CT molecular complexity index is 443. The lowest BCUT2D eigenvalue weighted by molar-refractivity contribution is -0.141. The lowest BCUT2D eigenvalue weighted by atomic mass is 10.0. The summed E-state index contributed by atoms with van der Waals surface area (Å²) in [5, 5.41) is 14.2. The van der Waals surface area contributed by atoms with Crippen molar-refractivity contribution in [3.63, 3.8) is 0 Å². The van der Waals surface area contributed by atoms with Gasteiger partial charge in [0, 0.05) is 13.0 Å². The zero-order chi connectivity index (χ0) is 12.4. The van der Waals surface area contributed by atoms with E-state index < -0.39 is 18.1 Å². The van der Waals surface area contributed by atoms with E-state index in [-0.39, 0.29) is 5.91 Å². The van der Waals surface area contributed by atoms with Crippen molar-refractivity contribution in [2.24, 2.45) is 0 Å². The minimum absolute atomic E-state index is 0.312. The predicted octanol–water partition coefficient (Wildman–Crippen LogP) is -0.987. The Kier molecular flexibility index (Phi) is 3.10. The minimum Gasteiger partial charge on any atom is -0.480 e. The van der Waals surface area contributed by atoms with Gasteiger partial charge in [-0.3, -0.25) is 14.9 Å². The summed E-state index contributed by atoms with van der Waals surface area (Å²) in [7, 11) is 0. The minimum atomic E-state index is -1.05. The number of nitrogens with one attached hydrogen (secondary N) is 3. The zero-order valence-corrected chi connectivity index (χ0v) is 9.36. The second-order valence-corrected chi connectivity index (χ2v) is 4.03. The fourth-order valence-electron chi connectivity index (χ4n) is 1.73. The van der Waals surface area contributed by atoms with Crippen LogP contribution in [0.1, 0.15) is 18.3 Å². The van der Waals surface area contributed by atoms with Crippen molar-refractivity contribution in [1.82, 2.24) is 20.6 Å². The summed E-state index contributed by atoms with van der Waals surface area (Å²) in [5.41, 5.74) is 1.83. The molecule has 1 aliphatic rings. The number of aliphatic carboxylic acids is 1. The molecule has 4 N–H and O–H groups in total. The number of aromatic nitrogens is 2. The smallest absolute Gasteiger partial charge is 0.325 e. The van der Waals surface area contributed by atoms with Crippen LogP contribution in [0.25, 0.3) is 0 Å². The van der Waals surface area contributed by atoms with E-state index in [9.17, 15) is 9.59 Å². The fourth-order valence-corrected chi connectivity index (χ4v) is 1.73. The molecule has 1 aliphatic heterocycles. The van der Waals surface area contributed by atoms with Gasteiger partial charge < -0.3 is 15.4 Å². The van der Waals surface area contributed by atoms with Crippen molar-refractivity contribution in [2.45, 2.75) is 32.0 Å². The third kappa shape index (κ3) is 2.44. The summed E-state index contributed by atoms with van der Waals surface area (Å²) in [4.78, 5) is 29.5. The number of amides is 1. The lowest BCUT2D eigenvalue weighted by Crippen LogP contribution is -2.51. The number of aromatic amines is 1. The molecule has 2 rings (SSSR count). The highest BCUT2D eigenvalue weighted by Crippen LogP contribution is 2.12. The standard InChI is InChI=1S/C10H14N4O3/c1-5(10(16)17)14-9(15)7-2-6-8(3-11-7)13-4-12-6/h4-5,7,11H,2-3H2,1H3,(H,12,13)(H,14,15)(H,16,17)/t5-,7?/m0/s1. The molecule has 0 bridgehead atoms. The Labute approximate surface area is 97.6 Å². The van der Waals surface area contributed by atoms with E-state index in [0.717, 1.165) is 11.4 Å². The molecule has 1 amide bonds. The van der Waals surface area contributed by atoms with Crippen LogP contribution in [0.15, 0.2) is 6.33 Å². The van der Waals surface area contributed by atoms with Crippen LogP contribution >= 0.6 is 0 Å². The third-order valence-corrected chi connectivity index (χ3v) is 2.78. The Balaban J connectivity index is 1.96. The summed E-state index contributed by atoms with van der Waals surface area (Å²) in [5.74, 6) is -1.36. The van der Waals surface area contributed by atoms with Gasteiger partial charge >= 0.3 is 5.97 Å². The van der Waals surface area contributed by atoms with E-state index in [1.54, 1.807) is 6.33 Å². The van der Waals surface area contributed by atoms with E-state index in [1.165, 1.54) is 6.92 Å². The second-order valence-electron chi connectivity index (χ2n) is 4.03. The highest BCUT2D eigenvalue weighted by molar-refractivity contribution is 5.87. The van der Waals surface area contributed by atoms with Gasteiger partial charge in [0.2, 0.25) is 5.91 Å². The summed E-state index contributed by atoms with van der Waals surface area (Å²) in [6.45, 7) is 1.97. The molecule has 7 nitrogen and oxygen atoms in total. The van der Waals surface area contributed by atoms with Crippen LogP contribution in [0.2, 0.25) is 0 Å². The van der Waals surface area contributed by atoms with Gasteiger partial charge in [-0.15, -0.1) is 0 Å². The van der Waals surface area contributed by atoms with Gasteiger partial charge in [-0.1, -0.05) is 0 Å². The molecular formula is C10H14N4O3. The molecule has 92 valence electrons. The first-order valence-electron chi connectivity index (χ1n) is 5.35. The number of carbonyl (C=O) groups is 2. The quantitative estimate of drug-likeness (QED) is 0.541. The summed E-state index contributed by atoms with van der Waals surface area (Å²) in [6, 6.07) is -1.31. The average molecular weight is 238 g/mol. The fraction of sp³-hybridized carbons (Fsp3) is 0.500. The molecule has 1 aromatic heterocycles. The Hall–Kier alpha value is -1.89. The number of nitrogens with zero attached hydrogens (tertiary/aromatic N) is 1. The Morgan fingerprint density at radius 2 is 2.41 bits per heavy atom. The topological polar surface area (TPSA) is 107 Å². The molecule has 1 unspecified atom stereocenters. The third-order valence-electron chi connectivity index (χ3n) is 2.78. The van der Waals surface area contributed by atoms with Crippen molar-refractivity contribution in [3.8, 4) is 0 Å². The molecule has 0 fully saturated rings. The van der Waals surface area contributed by atoms with Gasteiger partial charge in [0.05, 0.1) is 23.8 Å². The molecule has 0 aromatic carbocycles. The normalized spacial score (nSPS) is 20.4. The predicted molar refractivity (Wildman–Crippen MR) is 58.2 cm³/mol. The van der Waals surface area contributed by atoms with Gasteiger partial charge in [0.25, 0.3) is 0 Å². The van der Waals surface area contributed by atoms with Crippen molar-refractivity contribution in [3.05, 3.63) is 17.7 Å². The molecule has 2 atom stereocenters. The first-order chi connectivity index (χ1) is 8.08. The average Bonchev–Trinajstić information content (AvgIpc) is 2.75. The number of H-pyrrole nitrogens is 1. The molecule has 0 aliphatic carbocycles. The summed E-state index contributed by atoms with van der Waals surface area (Å²) >= 11 is 0. The molecule has 0 spiro atoms. The van der Waals surface area contributed by atoms with E-state index in [2.05, 4.69) is 20.6 Å². The monoisotopic (exact) mass is 238 g/mol. The Morgan fingerprint density at radius 1 is 1.65 bits per heavy atom. The molecule has 1 aromatic rings. The van der Waals surface area contributed by atoms with Gasteiger partial charge in [0.15, 0.2) is 0 Å². The van der Waals surface area contributed by atoms with Crippen LogP contribution in [-0.2, 0) is 22.6 Å². The molecule has 0 saturated heterocycles. The van der Waals surface area contributed by atoms with Gasteiger partial charge in [-0.05, 0) is 6.92 Å².